The summed E-state index contributed by atoms with van der Waals surface area (Å²) in [5.74, 6) is 0.379. The second-order valence-electron chi connectivity index (χ2n) is 5.23. The van der Waals surface area contributed by atoms with Gasteiger partial charge in [-0.3, -0.25) is 0 Å². The number of fused-ring (bicyclic) bond motifs is 1. The Bertz CT molecular complexity index is 643. The minimum absolute atomic E-state index is 0.235. The summed E-state index contributed by atoms with van der Waals surface area (Å²) in [6.45, 7) is 0.517. The lowest BCUT2D eigenvalue weighted by Gasteiger charge is -2.40. The third-order valence-corrected chi connectivity index (χ3v) is 3.96. The van der Waals surface area contributed by atoms with Crippen LogP contribution in [-0.2, 0) is 10.9 Å². The summed E-state index contributed by atoms with van der Waals surface area (Å²) < 4.78 is 44.8. The lowest BCUT2D eigenvalue weighted by atomic mass is 9.80. The molecule has 0 unspecified atom stereocenters. The van der Waals surface area contributed by atoms with Crippen molar-refractivity contribution in [1.82, 2.24) is 14.6 Å². The molecule has 1 N–H and O–H groups in total. The van der Waals surface area contributed by atoms with Crippen LogP contribution in [0, 0.1) is 0 Å². The van der Waals surface area contributed by atoms with Crippen molar-refractivity contribution >= 4 is 11.3 Å². The third kappa shape index (κ3) is 2.55. The van der Waals surface area contributed by atoms with Gasteiger partial charge in [0.2, 0.25) is 0 Å². The van der Waals surface area contributed by atoms with Gasteiger partial charge in [-0.05, 0) is 19.3 Å². The third-order valence-electron chi connectivity index (χ3n) is 3.96. The van der Waals surface area contributed by atoms with Crippen LogP contribution in [0.1, 0.15) is 25.0 Å². The topological polar surface area (TPSA) is 51.5 Å². The average molecular weight is 300 g/mol. The SMILES string of the molecule is COC1(CNc2nccn3nc(C(F)(F)F)cc23)CCC1. The molecule has 0 bridgehead atoms. The zero-order chi connectivity index (χ0) is 15.1. The van der Waals surface area contributed by atoms with Gasteiger partial charge >= 0.3 is 6.18 Å². The summed E-state index contributed by atoms with van der Waals surface area (Å²) in [5.41, 5.74) is -0.861. The van der Waals surface area contributed by atoms with Crippen LogP contribution in [0.2, 0.25) is 0 Å². The van der Waals surface area contributed by atoms with E-state index in [-0.39, 0.29) is 5.60 Å². The molecule has 114 valence electrons. The Labute approximate surface area is 119 Å². The molecule has 0 amide bonds. The summed E-state index contributed by atoms with van der Waals surface area (Å²) in [7, 11) is 1.65. The Kier molecular flexibility index (Phi) is 3.27. The fourth-order valence-corrected chi connectivity index (χ4v) is 2.47. The number of hydrogen-bond acceptors (Lipinski definition) is 4. The van der Waals surface area contributed by atoms with Gasteiger partial charge < -0.3 is 10.1 Å². The second kappa shape index (κ2) is 4.87. The van der Waals surface area contributed by atoms with Crippen LogP contribution < -0.4 is 5.32 Å². The molecule has 2 aromatic rings. The first kappa shape index (κ1) is 14.1. The van der Waals surface area contributed by atoms with Crippen LogP contribution in [-0.4, -0.2) is 33.9 Å². The first-order valence-electron chi connectivity index (χ1n) is 6.64. The van der Waals surface area contributed by atoms with Gasteiger partial charge in [0.15, 0.2) is 11.5 Å². The lowest BCUT2D eigenvalue weighted by Crippen LogP contribution is -2.45. The van der Waals surface area contributed by atoms with Crippen molar-refractivity contribution < 1.29 is 17.9 Å². The highest BCUT2D eigenvalue weighted by Gasteiger charge is 2.37. The van der Waals surface area contributed by atoms with E-state index >= 15 is 0 Å². The van der Waals surface area contributed by atoms with Crippen molar-refractivity contribution in [3.63, 3.8) is 0 Å². The van der Waals surface area contributed by atoms with Crippen LogP contribution in [0.4, 0.5) is 19.0 Å². The van der Waals surface area contributed by atoms with Crippen LogP contribution >= 0.6 is 0 Å². The van der Waals surface area contributed by atoms with Gasteiger partial charge in [-0.25, -0.2) is 9.50 Å². The normalized spacial score (nSPS) is 17.7. The molecule has 1 fully saturated rings. The summed E-state index contributed by atoms with van der Waals surface area (Å²) in [6, 6.07) is 0.996. The zero-order valence-corrected chi connectivity index (χ0v) is 11.4. The number of halogens is 3. The van der Waals surface area contributed by atoms with Gasteiger partial charge in [-0.1, -0.05) is 0 Å². The number of rotatable bonds is 4. The second-order valence-corrected chi connectivity index (χ2v) is 5.23. The predicted octanol–water partition coefficient (Wildman–Crippen LogP) is 2.73. The Morgan fingerprint density at radius 3 is 2.76 bits per heavy atom. The maximum absolute atomic E-state index is 12.7. The van der Waals surface area contributed by atoms with E-state index in [1.54, 1.807) is 7.11 Å². The molecular weight excluding hydrogens is 285 g/mol. The molecule has 21 heavy (non-hydrogen) atoms. The highest BCUT2D eigenvalue weighted by atomic mass is 19.4. The molecular formula is C13H15F3N4O. The minimum Gasteiger partial charge on any atom is -0.376 e. The van der Waals surface area contributed by atoms with Crippen LogP contribution in [0.3, 0.4) is 0 Å². The summed E-state index contributed by atoms with van der Waals surface area (Å²) in [5, 5.41) is 6.61. The minimum atomic E-state index is -4.47. The highest BCUT2D eigenvalue weighted by Crippen LogP contribution is 2.35. The number of hydrogen-bond donors (Lipinski definition) is 1. The standard InChI is InChI=1S/C13H15F3N4O/c1-21-12(3-2-4-12)8-18-11-9-7-10(13(14,15)16)19-20(9)6-5-17-11/h5-7H,2-4,8H2,1H3,(H,17,18). The number of alkyl halides is 3. The van der Waals surface area contributed by atoms with E-state index in [1.165, 1.54) is 16.9 Å². The van der Waals surface area contributed by atoms with Crippen LogP contribution in [0.15, 0.2) is 18.5 Å². The lowest BCUT2D eigenvalue weighted by molar-refractivity contribution is -0.141. The summed E-state index contributed by atoms with van der Waals surface area (Å²) >= 11 is 0. The first-order chi connectivity index (χ1) is 9.93. The van der Waals surface area contributed by atoms with E-state index < -0.39 is 11.9 Å². The van der Waals surface area contributed by atoms with Crippen molar-refractivity contribution in [2.24, 2.45) is 0 Å². The van der Waals surface area contributed by atoms with E-state index in [2.05, 4.69) is 15.4 Å². The molecule has 0 saturated heterocycles. The van der Waals surface area contributed by atoms with Crippen molar-refractivity contribution in [3.8, 4) is 0 Å². The van der Waals surface area contributed by atoms with E-state index in [0.717, 1.165) is 25.3 Å². The Hall–Kier alpha value is -1.83. The molecule has 0 spiro atoms. The molecule has 5 nitrogen and oxygen atoms in total. The van der Waals surface area contributed by atoms with Gasteiger partial charge in [-0.15, -0.1) is 0 Å². The van der Waals surface area contributed by atoms with E-state index in [0.29, 0.717) is 17.9 Å². The predicted molar refractivity (Wildman–Crippen MR) is 70.1 cm³/mol. The zero-order valence-electron chi connectivity index (χ0n) is 11.4. The molecule has 3 rings (SSSR count). The molecule has 8 heteroatoms. The highest BCUT2D eigenvalue weighted by molar-refractivity contribution is 5.68. The molecule has 1 aliphatic carbocycles. The quantitative estimate of drug-likeness (QED) is 0.943. The number of methoxy groups -OCH3 is 1. The Morgan fingerprint density at radius 2 is 2.19 bits per heavy atom. The molecule has 1 saturated carbocycles. The molecule has 2 heterocycles. The molecule has 0 radical (unpaired) electrons. The number of nitrogens with zero attached hydrogens (tertiary/aromatic N) is 3. The van der Waals surface area contributed by atoms with E-state index in [9.17, 15) is 13.2 Å². The average Bonchev–Trinajstić information content (AvgIpc) is 2.82. The Balaban J connectivity index is 1.86. The number of ether oxygens (including phenoxy) is 1. The van der Waals surface area contributed by atoms with Crippen molar-refractivity contribution in [2.75, 3.05) is 19.0 Å². The van der Waals surface area contributed by atoms with Crippen LogP contribution in [0.25, 0.3) is 5.52 Å². The smallest absolute Gasteiger partial charge is 0.376 e. The monoisotopic (exact) mass is 300 g/mol. The van der Waals surface area contributed by atoms with E-state index in [1.807, 2.05) is 0 Å². The van der Waals surface area contributed by atoms with Gasteiger partial charge in [0.1, 0.15) is 5.52 Å². The maximum Gasteiger partial charge on any atom is 0.435 e. The number of anilines is 1. The van der Waals surface area contributed by atoms with Gasteiger partial charge in [0.05, 0.1) is 5.60 Å². The largest absolute Gasteiger partial charge is 0.435 e. The first-order valence-corrected chi connectivity index (χ1v) is 6.64. The van der Waals surface area contributed by atoms with E-state index in [4.69, 9.17) is 4.74 Å². The number of nitrogens with one attached hydrogen (secondary N) is 1. The van der Waals surface area contributed by atoms with Crippen LogP contribution in [0.5, 0.6) is 0 Å². The van der Waals surface area contributed by atoms with Crippen molar-refractivity contribution in [3.05, 3.63) is 24.2 Å². The summed E-state index contributed by atoms with van der Waals surface area (Å²) in [6.07, 6.45) is 1.32. The van der Waals surface area contributed by atoms with Gasteiger partial charge in [0.25, 0.3) is 0 Å². The fourth-order valence-electron chi connectivity index (χ4n) is 2.47. The molecule has 0 aliphatic heterocycles. The maximum atomic E-state index is 12.7. The molecule has 0 atom stereocenters. The van der Waals surface area contributed by atoms with Gasteiger partial charge in [0, 0.05) is 32.1 Å². The fraction of sp³-hybridized carbons (Fsp3) is 0.538. The Morgan fingerprint density at radius 1 is 1.43 bits per heavy atom. The number of aromatic nitrogens is 3. The van der Waals surface area contributed by atoms with Crippen molar-refractivity contribution in [1.29, 1.82) is 0 Å². The van der Waals surface area contributed by atoms with Gasteiger partial charge in [-0.2, -0.15) is 18.3 Å². The molecule has 0 aromatic carbocycles. The molecule has 2 aromatic heterocycles. The van der Waals surface area contributed by atoms with Crippen molar-refractivity contribution in [2.45, 2.75) is 31.0 Å². The summed E-state index contributed by atoms with van der Waals surface area (Å²) in [4.78, 5) is 4.10. The molecule has 1 aliphatic rings.